The van der Waals surface area contributed by atoms with Crippen LogP contribution in [0.15, 0.2) is 24.3 Å². The number of carboxylic acid groups (broad SMARTS) is 1. The number of aliphatic carboxylic acids is 1. The Kier molecular flexibility index (Phi) is 4.92. The van der Waals surface area contributed by atoms with Crippen LogP contribution in [-0.4, -0.2) is 28.7 Å². The summed E-state index contributed by atoms with van der Waals surface area (Å²) in [7, 11) is 1.24. The maximum absolute atomic E-state index is 14.8. The van der Waals surface area contributed by atoms with Crippen LogP contribution in [0.1, 0.15) is 25.8 Å². The molecule has 1 N–H and O–H groups in total. The van der Waals surface area contributed by atoms with E-state index in [4.69, 9.17) is 9.84 Å². The molecule has 28 heavy (non-hydrogen) atoms. The fraction of sp³-hybridized carbons (Fsp3) is 0.222. The second-order valence-corrected chi connectivity index (χ2v) is 7.00. The molecule has 2 heterocycles. The van der Waals surface area contributed by atoms with Gasteiger partial charge in [0.25, 0.3) is 5.91 Å². The van der Waals surface area contributed by atoms with E-state index in [2.05, 4.69) is 0 Å². The molecule has 3 rings (SSSR count). The topological polar surface area (TPSA) is 68.5 Å². The lowest BCUT2D eigenvalue weighted by Gasteiger charge is -2.07. The lowest BCUT2D eigenvalue weighted by atomic mass is 10.1. The van der Waals surface area contributed by atoms with E-state index in [1.165, 1.54) is 26.2 Å². The van der Waals surface area contributed by atoms with Gasteiger partial charge >= 0.3 is 12.1 Å². The minimum Gasteiger partial charge on any atom is -0.494 e. The van der Waals surface area contributed by atoms with E-state index in [0.717, 1.165) is 16.7 Å². The molecule has 3 aromatic rings. The molecule has 0 atom stereocenters. The number of hydrogen-bond acceptors (Lipinski definition) is 4. The van der Waals surface area contributed by atoms with Crippen LogP contribution in [0.2, 0.25) is 0 Å². The Morgan fingerprint density at radius 1 is 1.21 bits per heavy atom. The molecule has 0 aliphatic rings. The van der Waals surface area contributed by atoms with Crippen molar-refractivity contribution < 1.29 is 37.0 Å². The zero-order valence-corrected chi connectivity index (χ0v) is 15.4. The first-order valence-electron chi connectivity index (χ1n) is 7.86. The molecule has 0 radical (unpaired) electrons. The van der Waals surface area contributed by atoms with Crippen molar-refractivity contribution in [2.24, 2.45) is 0 Å². The fourth-order valence-electron chi connectivity index (χ4n) is 3.02. The van der Waals surface area contributed by atoms with Gasteiger partial charge in [-0.2, -0.15) is 13.2 Å². The molecular formula is C18H13F4NO4S. The van der Waals surface area contributed by atoms with E-state index >= 15 is 0 Å². The summed E-state index contributed by atoms with van der Waals surface area (Å²) < 4.78 is 59.3. The van der Waals surface area contributed by atoms with E-state index in [1.54, 1.807) is 0 Å². The van der Waals surface area contributed by atoms with Gasteiger partial charge in [-0.3, -0.25) is 14.2 Å². The van der Waals surface area contributed by atoms with Gasteiger partial charge in [0.15, 0.2) is 11.6 Å². The molecule has 1 aromatic carbocycles. The number of carbonyl (C=O) groups is 2. The van der Waals surface area contributed by atoms with Gasteiger partial charge in [-0.15, -0.1) is 11.3 Å². The van der Waals surface area contributed by atoms with E-state index in [1.807, 2.05) is 0 Å². The Morgan fingerprint density at radius 2 is 1.89 bits per heavy atom. The van der Waals surface area contributed by atoms with Crippen LogP contribution in [0.25, 0.3) is 10.9 Å². The number of carboxylic acids is 1. The predicted octanol–water partition coefficient (Wildman–Crippen LogP) is 4.49. The van der Waals surface area contributed by atoms with Crippen LogP contribution >= 0.6 is 11.3 Å². The van der Waals surface area contributed by atoms with Crippen LogP contribution in [0, 0.1) is 12.7 Å². The van der Waals surface area contributed by atoms with Crippen molar-refractivity contribution in [1.82, 2.24) is 4.57 Å². The summed E-state index contributed by atoms with van der Waals surface area (Å²) in [5, 5.41) is 9.04. The minimum absolute atomic E-state index is 0.0546. The third-order valence-corrected chi connectivity index (χ3v) is 5.36. The van der Waals surface area contributed by atoms with Gasteiger partial charge in [-0.1, -0.05) is 0 Å². The van der Waals surface area contributed by atoms with Gasteiger partial charge < -0.3 is 9.84 Å². The highest BCUT2D eigenvalue weighted by Crippen LogP contribution is 2.37. The number of halogens is 4. The molecule has 0 aliphatic carbocycles. The van der Waals surface area contributed by atoms with Gasteiger partial charge in [0, 0.05) is 11.1 Å². The van der Waals surface area contributed by atoms with E-state index < -0.39 is 35.2 Å². The normalized spacial score (nSPS) is 11.8. The molecular weight excluding hydrogens is 402 g/mol. The first-order chi connectivity index (χ1) is 13.1. The quantitative estimate of drug-likeness (QED) is 0.638. The Bertz CT molecular complexity index is 1100. The Balaban J connectivity index is 2.25. The molecule has 0 spiro atoms. The predicted molar refractivity (Wildman–Crippen MR) is 93.6 cm³/mol. The summed E-state index contributed by atoms with van der Waals surface area (Å²) in [5.41, 5.74) is 0.246. The fourth-order valence-corrected chi connectivity index (χ4v) is 3.82. The minimum atomic E-state index is -4.59. The summed E-state index contributed by atoms with van der Waals surface area (Å²) in [6, 6.07) is 4.46. The second kappa shape index (κ2) is 6.93. The molecule has 10 heteroatoms. The number of methoxy groups -OCH3 is 1. The van der Waals surface area contributed by atoms with Crippen molar-refractivity contribution in [2.45, 2.75) is 19.5 Å². The summed E-state index contributed by atoms with van der Waals surface area (Å²) in [6.45, 7) is 1.42. The van der Waals surface area contributed by atoms with Crippen LogP contribution < -0.4 is 4.74 Å². The maximum Gasteiger partial charge on any atom is 0.425 e. The highest BCUT2D eigenvalue weighted by atomic mass is 32.1. The summed E-state index contributed by atoms with van der Waals surface area (Å²) in [5.74, 6) is -3.02. The van der Waals surface area contributed by atoms with E-state index in [9.17, 15) is 27.2 Å². The molecule has 0 saturated carbocycles. The van der Waals surface area contributed by atoms with E-state index in [-0.39, 0.29) is 44.1 Å². The van der Waals surface area contributed by atoms with Gasteiger partial charge in [0.1, 0.15) is 4.88 Å². The number of nitrogens with zero attached hydrogens (tertiary/aromatic N) is 1. The third-order valence-electron chi connectivity index (χ3n) is 4.25. The number of rotatable bonds is 4. The zero-order chi connectivity index (χ0) is 20.8. The number of thiophene rings is 1. The van der Waals surface area contributed by atoms with Crippen LogP contribution in [-0.2, 0) is 17.4 Å². The molecule has 0 bridgehead atoms. The van der Waals surface area contributed by atoms with Gasteiger partial charge in [-0.05, 0) is 36.8 Å². The third kappa shape index (κ3) is 3.24. The van der Waals surface area contributed by atoms with Crippen molar-refractivity contribution >= 4 is 34.1 Å². The van der Waals surface area contributed by atoms with Gasteiger partial charge in [0.05, 0.1) is 23.9 Å². The molecule has 5 nitrogen and oxygen atoms in total. The second-order valence-electron chi connectivity index (χ2n) is 5.91. The molecule has 0 saturated heterocycles. The lowest BCUT2D eigenvalue weighted by Crippen LogP contribution is -2.13. The molecule has 0 amide bonds. The summed E-state index contributed by atoms with van der Waals surface area (Å²) in [6.07, 6.45) is -5.16. The number of hydrogen-bond donors (Lipinski definition) is 1. The van der Waals surface area contributed by atoms with Gasteiger partial charge in [-0.25, -0.2) is 4.39 Å². The standard InChI is InChI=1S/C18H13F4NO4S/c1-8-9(7-14(24)25)15-10(3-4-11(27-2)16(15)19)23(8)17(26)12-5-6-13(28-12)18(20,21)22/h3-6H,7H2,1-2H3,(H,24,25). The van der Waals surface area contributed by atoms with E-state index in [0.29, 0.717) is 0 Å². The van der Waals surface area contributed by atoms with Crippen molar-refractivity contribution in [3.05, 3.63) is 51.1 Å². The molecule has 0 aliphatic heterocycles. The van der Waals surface area contributed by atoms with Gasteiger partial charge in [0.2, 0.25) is 0 Å². The number of benzene rings is 1. The highest BCUT2D eigenvalue weighted by molar-refractivity contribution is 7.14. The largest absolute Gasteiger partial charge is 0.494 e. The first kappa shape index (κ1) is 19.9. The summed E-state index contributed by atoms with van der Waals surface area (Å²) in [4.78, 5) is 23.0. The Labute approximate surface area is 159 Å². The summed E-state index contributed by atoms with van der Waals surface area (Å²) >= 11 is 0.265. The van der Waals surface area contributed by atoms with Crippen molar-refractivity contribution in [2.75, 3.05) is 7.11 Å². The molecule has 2 aromatic heterocycles. The zero-order valence-electron chi connectivity index (χ0n) is 14.6. The van der Waals surface area contributed by atoms with Crippen molar-refractivity contribution in [1.29, 1.82) is 0 Å². The highest BCUT2D eigenvalue weighted by Gasteiger charge is 2.34. The van der Waals surface area contributed by atoms with Crippen LogP contribution in [0.4, 0.5) is 17.6 Å². The first-order valence-corrected chi connectivity index (χ1v) is 8.67. The number of ether oxygens (including phenoxy) is 1. The molecule has 148 valence electrons. The number of fused-ring (bicyclic) bond motifs is 1. The monoisotopic (exact) mass is 415 g/mol. The number of carbonyl (C=O) groups excluding carboxylic acids is 1. The Hall–Kier alpha value is -2.88. The average Bonchev–Trinajstić information content (AvgIpc) is 3.19. The molecule has 0 unspecified atom stereocenters. The Morgan fingerprint density at radius 3 is 2.43 bits per heavy atom. The van der Waals surface area contributed by atoms with Crippen LogP contribution in [0.3, 0.4) is 0 Å². The number of alkyl halides is 3. The molecule has 0 fully saturated rings. The number of aromatic nitrogens is 1. The smallest absolute Gasteiger partial charge is 0.425 e. The van der Waals surface area contributed by atoms with Crippen molar-refractivity contribution in [3.63, 3.8) is 0 Å². The van der Waals surface area contributed by atoms with Crippen LogP contribution in [0.5, 0.6) is 5.75 Å². The lowest BCUT2D eigenvalue weighted by molar-refractivity contribution is -0.136. The average molecular weight is 415 g/mol. The van der Waals surface area contributed by atoms with Crippen molar-refractivity contribution in [3.8, 4) is 5.75 Å². The maximum atomic E-state index is 14.8. The SMILES string of the molecule is COc1ccc2c(c1F)c(CC(=O)O)c(C)n2C(=O)c1ccc(C(F)(F)F)s1.